The predicted octanol–water partition coefficient (Wildman–Crippen LogP) is 9.05. The Morgan fingerprint density at radius 2 is 0.780 bits per heavy atom. The number of hydrogen-bond acceptors (Lipinski definition) is 11. The topological polar surface area (TPSA) is 247 Å². The number of fused-ring (bicyclic) bond motifs is 4. The second kappa shape index (κ2) is 19.0. The Labute approximate surface area is 462 Å². The van der Waals surface area contributed by atoms with Crippen molar-refractivity contribution in [2.45, 2.75) is 76.5 Å². The smallest absolute Gasteiger partial charge is 0.402 e. The molecule has 0 fully saturated rings. The molecule has 4 aliphatic rings. The first-order valence-corrected chi connectivity index (χ1v) is 26.1. The van der Waals surface area contributed by atoms with Crippen LogP contribution in [0.5, 0.6) is 0 Å². The van der Waals surface area contributed by atoms with Gasteiger partial charge in [-0.05, 0) is 165 Å². The summed E-state index contributed by atoms with van der Waals surface area (Å²) in [5.74, 6) is -7.48. The van der Waals surface area contributed by atoms with Gasteiger partial charge >= 0.3 is 18.3 Å². The van der Waals surface area contributed by atoms with Gasteiger partial charge in [0.25, 0.3) is 47.3 Å². The molecule has 0 aromatic heterocycles. The van der Waals surface area contributed by atoms with Crippen molar-refractivity contribution in [3.8, 4) is 0 Å². The van der Waals surface area contributed by atoms with Gasteiger partial charge in [-0.3, -0.25) is 48.2 Å². The summed E-state index contributed by atoms with van der Waals surface area (Å²) < 4.78 is 114. The number of nitrogens with two attached hydrogens (primary N) is 1. The van der Waals surface area contributed by atoms with Crippen molar-refractivity contribution in [1.29, 1.82) is 0 Å². The molecule has 10 rings (SSSR count). The fourth-order valence-corrected chi connectivity index (χ4v) is 12.1. The number of imide groups is 4. The molecule has 0 saturated heterocycles. The van der Waals surface area contributed by atoms with E-state index in [1.54, 1.807) is 27.7 Å². The maximum absolute atomic E-state index is 14.9. The van der Waals surface area contributed by atoms with Crippen molar-refractivity contribution in [2.75, 3.05) is 23.9 Å². The van der Waals surface area contributed by atoms with E-state index in [2.05, 4.69) is 0 Å². The highest BCUT2D eigenvalue weighted by Crippen LogP contribution is 2.50. The van der Waals surface area contributed by atoms with E-state index in [9.17, 15) is 83.0 Å². The summed E-state index contributed by atoms with van der Waals surface area (Å²) in [4.78, 5) is 118. The van der Waals surface area contributed by atoms with Crippen LogP contribution in [0.4, 0.5) is 37.7 Å². The number of aromatic carboxylic acids is 1. The number of halogens is 6. The van der Waals surface area contributed by atoms with Crippen LogP contribution in [0.25, 0.3) is 0 Å². The van der Waals surface area contributed by atoms with Crippen LogP contribution in [0.2, 0.25) is 0 Å². The number of alkyl halides is 6. The van der Waals surface area contributed by atoms with Crippen LogP contribution in [0.3, 0.4) is 0 Å². The summed E-state index contributed by atoms with van der Waals surface area (Å²) in [6.07, 6.45) is -9.85. The summed E-state index contributed by atoms with van der Waals surface area (Å²) >= 11 is 0. The Balaban J connectivity index is 0.000000198. The van der Waals surface area contributed by atoms with Crippen molar-refractivity contribution < 1.29 is 83.0 Å². The van der Waals surface area contributed by atoms with Crippen molar-refractivity contribution >= 4 is 74.6 Å². The highest BCUT2D eigenvalue weighted by molar-refractivity contribution is 7.89. The van der Waals surface area contributed by atoms with Crippen LogP contribution in [0.15, 0.2) is 95.9 Å². The molecule has 6 aromatic carbocycles. The van der Waals surface area contributed by atoms with E-state index >= 15 is 0 Å². The lowest BCUT2D eigenvalue weighted by Gasteiger charge is -2.33. The minimum atomic E-state index is -4.94. The Morgan fingerprint density at radius 3 is 1.15 bits per heavy atom. The molecule has 0 saturated carbocycles. The molecule has 0 bridgehead atoms. The Bertz CT molecular complexity index is 4140. The van der Waals surface area contributed by atoms with Gasteiger partial charge in [0.2, 0.25) is 10.0 Å². The molecular weight excluding hydrogens is 1100 g/mol. The summed E-state index contributed by atoms with van der Waals surface area (Å²) in [6.45, 7) is 9.52. The van der Waals surface area contributed by atoms with E-state index in [-0.39, 0.29) is 94.2 Å². The van der Waals surface area contributed by atoms with E-state index in [1.807, 2.05) is 0 Å². The molecule has 4 aliphatic heterocycles. The number of primary sulfonamides is 1. The fourth-order valence-electron chi connectivity index (χ4n) is 11.0. The van der Waals surface area contributed by atoms with Crippen molar-refractivity contribution in [1.82, 2.24) is 9.80 Å². The Kier molecular flexibility index (Phi) is 13.3. The predicted molar refractivity (Wildman–Crippen MR) is 281 cm³/mol. The van der Waals surface area contributed by atoms with Gasteiger partial charge in [0, 0.05) is 14.1 Å². The van der Waals surface area contributed by atoms with E-state index in [0.717, 1.165) is 106 Å². The number of anilines is 2. The van der Waals surface area contributed by atoms with Gasteiger partial charge in [0.05, 0.1) is 66.3 Å². The molecule has 8 amide bonds. The van der Waals surface area contributed by atoms with Crippen LogP contribution >= 0.6 is 0 Å². The fraction of sp³-hybridized carbons (Fsp3) is 0.224. The maximum Gasteiger partial charge on any atom is 0.402 e. The van der Waals surface area contributed by atoms with Crippen LogP contribution in [0, 0.1) is 34.6 Å². The number of nitrogens with zero attached hydrogens (tertiary/aromatic N) is 4. The third-order valence-corrected chi connectivity index (χ3v) is 17.2. The molecule has 82 heavy (non-hydrogen) atoms. The zero-order chi connectivity index (χ0) is 60.7. The second-order valence-electron chi connectivity index (χ2n) is 20.6. The first-order valence-electron chi connectivity index (χ1n) is 24.5. The van der Waals surface area contributed by atoms with Gasteiger partial charge < -0.3 is 5.11 Å². The van der Waals surface area contributed by atoms with Crippen LogP contribution in [-0.4, -0.2) is 103 Å². The molecule has 0 radical (unpaired) electrons. The third kappa shape index (κ3) is 8.40. The summed E-state index contributed by atoms with van der Waals surface area (Å²) in [5, 5.41) is 14.8. The first-order chi connectivity index (χ1) is 37.9. The number of benzene rings is 6. The molecule has 17 nitrogen and oxygen atoms in total. The van der Waals surface area contributed by atoms with E-state index in [0.29, 0.717) is 22.3 Å². The van der Waals surface area contributed by atoms with Crippen LogP contribution in [-0.2, 0) is 20.9 Å². The zero-order valence-electron chi connectivity index (χ0n) is 44.6. The lowest BCUT2D eigenvalue weighted by Crippen LogP contribution is -2.41. The van der Waals surface area contributed by atoms with E-state index in [4.69, 9.17) is 5.14 Å². The molecule has 3 N–H and O–H groups in total. The number of carboxylic acid groups (broad SMARTS) is 1. The Morgan fingerprint density at radius 1 is 0.451 bits per heavy atom. The summed E-state index contributed by atoms with van der Waals surface area (Å²) in [6, 6.07) is 16.9. The number of carbonyl (C=O) groups excluding carboxylic acids is 8. The van der Waals surface area contributed by atoms with E-state index < -0.39 is 86.4 Å². The second-order valence-corrected chi connectivity index (χ2v) is 22.1. The van der Waals surface area contributed by atoms with Crippen molar-refractivity contribution in [2.24, 2.45) is 5.14 Å². The lowest BCUT2D eigenvalue weighted by atomic mass is 9.74. The molecule has 422 valence electrons. The van der Waals surface area contributed by atoms with Gasteiger partial charge in [-0.2, -0.15) is 26.3 Å². The van der Waals surface area contributed by atoms with Crippen molar-refractivity contribution in [3.05, 3.63) is 191 Å². The number of carboxylic acids is 1. The molecule has 0 spiro atoms. The quantitative estimate of drug-likeness (QED) is 0.107. The number of hydrogen-bond donors (Lipinski definition) is 2. The van der Waals surface area contributed by atoms with Gasteiger partial charge in [-0.25, -0.2) is 28.2 Å². The average molecular weight is 1150 g/mol. The normalized spacial score (nSPS) is 16.5. The lowest BCUT2D eigenvalue weighted by molar-refractivity contribution is -0.173. The molecule has 2 atom stereocenters. The molecule has 2 unspecified atom stereocenters. The van der Waals surface area contributed by atoms with Gasteiger partial charge in [0.15, 0.2) is 0 Å². The third-order valence-electron chi connectivity index (χ3n) is 16.0. The van der Waals surface area contributed by atoms with Crippen LogP contribution in [0.1, 0.15) is 157 Å². The number of carbonyl (C=O) groups is 9. The molecule has 4 heterocycles. The standard InChI is InChI=1S/C30H26F3N3O6S.C28H19F3N2O6/c1-13-14(2)23(16(4)24(15(13)3)43(34,41)42)36-27(39)20-10-8-18(12-22(20)28(36)40)29(5,30(31,32)33)17-7-9-19-21(11-17)26(38)35(6)25(19)37;1-13-8-14(26(38)39)10-17(9-13)33-24(36)19-7-5-16(12-21(19)25(33)37)27(2,28(29,30)31)15-4-6-18-20(11-15)23(35)32(3)22(18)34/h7-12H,1-6H3,(H2,34,41,42);4-12H,1-3H3,(H,38,39). The van der Waals surface area contributed by atoms with Gasteiger partial charge in [0.1, 0.15) is 10.8 Å². The number of amides is 8. The first kappa shape index (κ1) is 57.5. The largest absolute Gasteiger partial charge is 0.478 e. The minimum absolute atomic E-state index is 0.00983. The SMILES string of the molecule is Cc1c(C)c(N2C(=O)c3ccc(C(C)(c4ccc5c(c4)C(=O)N(C)C5=O)C(F)(F)F)cc3C2=O)c(C)c(S(N)(=O)=O)c1C.Cc1cc(C(=O)O)cc(N2C(=O)c3ccc(C(C)(c4ccc5c(c4)C(=O)N(C)C5=O)C(F)(F)F)cc3C2=O)c1. The molecule has 0 aliphatic carbocycles. The molecular formula is C58H45F6N5O12S. The van der Waals surface area contributed by atoms with Gasteiger partial charge in [-0.15, -0.1) is 0 Å². The Hall–Kier alpha value is -9.16. The van der Waals surface area contributed by atoms with Gasteiger partial charge in [-0.1, -0.05) is 24.3 Å². The molecule has 24 heteroatoms. The van der Waals surface area contributed by atoms with E-state index in [1.165, 1.54) is 39.2 Å². The maximum atomic E-state index is 14.9. The average Bonchev–Trinajstić information content (AvgIpc) is 1.91. The number of sulfonamides is 1. The zero-order valence-corrected chi connectivity index (χ0v) is 45.5. The van der Waals surface area contributed by atoms with Crippen LogP contribution < -0.4 is 14.9 Å². The highest BCUT2D eigenvalue weighted by Gasteiger charge is 2.57. The summed E-state index contributed by atoms with van der Waals surface area (Å²) in [7, 11) is -1.81. The molecule has 6 aromatic rings. The monoisotopic (exact) mass is 1150 g/mol. The summed E-state index contributed by atoms with van der Waals surface area (Å²) in [5.41, 5.74) is -6.60. The highest BCUT2D eigenvalue weighted by atomic mass is 32.2. The minimum Gasteiger partial charge on any atom is -0.478 e. The number of rotatable bonds is 8. The number of aryl methyl sites for hydroxylation is 1. The van der Waals surface area contributed by atoms with Crippen molar-refractivity contribution in [3.63, 3.8) is 0 Å².